The largest absolute Gasteiger partial charge is 0.457 e. The highest BCUT2D eigenvalue weighted by Crippen LogP contribution is 2.34. The van der Waals surface area contributed by atoms with Crippen LogP contribution in [-0.4, -0.2) is 21.0 Å². The number of nitro benzene ring substituents is 1. The molecule has 2 heterocycles. The number of carbonyl (C=O) groups is 2. The summed E-state index contributed by atoms with van der Waals surface area (Å²) >= 11 is 4.20. The van der Waals surface area contributed by atoms with Gasteiger partial charge in [0, 0.05) is 28.2 Å². The Morgan fingerprint density at radius 2 is 1.87 bits per heavy atom. The van der Waals surface area contributed by atoms with Crippen molar-refractivity contribution in [2.75, 3.05) is 0 Å². The van der Waals surface area contributed by atoms with Gasteiger partial charge in [-0.05, 0) is 41.6 Å². The van der Waals surface area contributed by atoms with Gasteiger partial charge in [0.2, 0.25) is 0 Å². The molecule has 0 spiro atoms. The molecule has 0 N–H and O–H groups in total. The molecule has 0 aliphatic carbocycles. The van der Waals surface area contributed by atoms with E-state index in [9.17, 15) is 19.7 Å². The van der Waals surface area contributed by atoms with Gasteiger partial charge < -0.3 is 4.42 Å². The Hall–Kier alpha value is -3.17. The maximum Gasteiger partial charge on any atom is 0.293 e. The number of nitro groups is 1. The summed E-state index contributed by atoms with van der Waals surface area (Å²) in [4.78, 5) is 36.7. The molecule has 9 heteroatoms. The third-order valence-electron chi connectivity index (χ3n) is 4.36. The summed E-state index contributed by atoms with van der Waals surface area (Å²) in [6, 6.07) is 17.0. The van der Waals surface area contributed by atoms with E-state index < -0.39 is 16.1 Å². The van der Waals surface area contributed by atoms with E-state index in [-0.39, 0.29) is 17.1 Å². The lowest BCUT2D eigenvalue weighted by Crippen LogP contribution is -2.27. The zero-order chi connectivity index (χ0) is 21.3. The highest BCUT2D eigenvalue weighted by Gasteiger charge is 2.35. The molecule has 1 fully saturated rings. The fourth-order valence-corrected chi connectivity index (χ4v) is 4.00. The number of benzene rings is 2. The van der Waals surface area contributed by atoms with Crippen LogP contribution < -0.4 is 0 Å². The van der Waals surface area contributed by atoms with Crippen molar-refractivity contribution in [1.82, 2.24) is 4.90 Å². The number of rotatable bonds is 5. The fourth-order valence-electron chi connectivity index (χ4n) is 2.92. The van der Waals surface area contributed by atoms with Crippen LogP contribution in [0.4, 0.5) is 10.5 Å². The van der Waals surface area contributed by atoms with Crippen LogP contribution in [0.25, 0.3) is 17.4 Å². The topological polar surface area (TPSA) is 93.7 Å². The first-order chi connectivity index (χ1) is 14.4. The summed E-state index contributed by atoms with van der Waals surface area (Å²) in [5, 5.41) is 10.5. The number of non-ortho nitro benzene ring substituents is 1. The summed E-state index contributed by atoms with van der Waals surface area (Å²) in [6.45, 7) is -0.0357. The summed E-state index contributed by atoms with van der Waals surface area (Å²) in [5.41, 5.74) is 1.30. The number of halogens is 1. The third-order valence-corrected chi connectivity index (χ3v) is 5.80. The lowest BCUT2D eigenvalue weighted by atomic mass is 10.2. The lowest BCUT2D eigenvalue weighted by molar-refractivity contribution is -0.384. The maximum absolute atomic E-state index is 12.7. The van der Waals surface area contributed by atoms with Gasteiger partial charge in [0.25, 0.3) is 16.8 Å². The average molecular weight is 485 g/mol. The molecule has 1 aromatic heterocycles. The molecule has 30 heavy (non-hydrogen) atoms. The standard InChI is InChI=1S/C21H13BrN2O5S/c22-15-6-4-14(5-7-15)18-9-8-17(29-18)11-19-20(25)23(21(26)30-19)12-13-2-1-3-16(10-13)24(27)28/h1-11H,12H2/b19-11+. The number of hydrogen-bond acceptors (Lipinski definition) is 6. The number of nitrogens with zero attached hydrogens (tertiary/aromatic N) is 2. The Balaban J connectivity index is 1.52. The minimum Gasteiger partial charge on any atom is -0.457 e. The normalized spacial score (nSPS) is 15.2. The highest BCUT2D eigenvalue weighted by molar-refractivity contribution is 9.10. The van der Waals surface area contributed by atoms with Crippen molar-refractivity contribution in [2.45, 2.75) is 6.54 Å². The summed E-state index contributed by atoms with van der Waals surface area (Å²) in [6.07, 6.45) is 1.53. The lowest BCUT2D eigenvalue weighted by Gasteiger charge is -2.12. The maximum atomic E-state index is 12.7. The van der Waals surface area contributed by atoms with Crippen LogP contribution in [0.15, 0.2) is 74.5 Å². The molecule has 1 saturated heterocycles. The Kier molecular flexibility index (Phi) is 5.56. The third kappa shape index (κ3) is 4.22. The summed E-state index contributed by atoms with van der Waals surface area (Å²) in [7, 11) is 0. The van der Waals surface area contributed by atoms with Crippen molar-refractivity contribution >= 4 is 50.6 Å². The molecule has 0 bridgehead atoms. The molecule has 7 nitrogen and oxygen atoms in total. The molecule has 0 saturated carbocycles. The number of furan rings is 1. The molecule has 4 rings (SSSR count). The van der Waals surface area contributed by atoms with Crippen LogP contribution >= 0.6 is 27.7 Å². The van der Waals surface area contributed by atoms with Crippen LogP contribution in [0, 0.1) is 10.1 Å². The van der Waals surface area contributed by atoms with E-state index in [0.717, 1.165) is 26.7 Å². The van der Waals surface area contributed by atoms with Crippen LogP contribution in [0.2, 0.25) is 0 Å². The van der Waals surface area contributed by atoms with Gasteiger partial charge in [0.1, 0.15) is 11.5 Å². The Labute approximate surface area is 183 Å². The molecule has 2 amide bonds. The Morgan fingerprint density at radius 1 is 1.10 bits per heavy atom. The van der Waals surface area contributed by atoms with Gasteiger partial charge in [-0.15, -0.1) is 0 Å². The van der Waals surface area contributed by atoms with Gasteiger partial charge in [-0.2, -0.15) is 0 Å². The molecule has 3 aromatic rings. The van der Waals surface area contributed by atoms with Gasteiger partial charge in [-0.3, -0.25) is 24.6 Å². The predicted octanol–water partition coefficient (Wildman–Crippen LogP) is 5.85. The van der Waals surface area contributed by atoms with Gasteiger partial charge in [-0.1, -0.05) is 40.2 Å². The molecule has 0 radical (unpaired) electrons. The van der Waals surface area contributed by atoms with Crippen molar-refractivity contribution < 1.29 is 18.9 Å². The summed E-state index contributed by atoms with van der Waals surface area (Å²) < 4.78 is 6.74. The van der Waals surface area contributed by atoms with Gasteiger partial charge in [-0.25, -0.2) is 0 Å². The van der Waals surface area contributed by atoms with Crippen molar-refractivity contribution in [1.29, 1.82) is 0 Å². The van der Waals surface area contributed by atoms with Gasteiger partial charge in [0.15, 0.2) is 0 Å². The number of imide groups is 1. The molecule has 2 aromatic carbocycles. The minimum absolute atomic E-state index is 0.0357. The first kappa shape index (κ1) is 20.1. The van der Waals surface area contributed by atoms with Crippen molar-refractivity contribution in [3.63, 3.8) is 0 Å². The van der Waals surface area contributed by atoms with Crippen molar-refractivity contribution in [3.05, 3.63) is 91.5 Å². The fraction of sp³-hybridized carbons (Fsp3) is 0.0476. The number of hydrogen-bond donors (Lipinski definition) is 0. The molecule has 0 unspecified atom stereocenters. The second kappa shape index (κ2) is 8.29. The van der Waals surface area contributed by atoms with E-state index in [2.05, 4.69) is 15.9 Å². The van der Waals surface area contributed by atoms with E-state index in [1.54, 1.807) is 18.2 Å². The number of amides is 2. The van der Waals surface area contributed by atoms with E-state index in [1.165, 1.54) is 24.3 Å². The summed E-state index contributed by atoms with van der Waals surface area (Å²) in [5.74, 6) is 0.636. The SMILES string of the molecule is O=C1S/C(=C/c2ccc(-c3ccc(Br)cc3)o2)C(=O)N1Cc1cccc([N+](=O)[O-])c1. The van der Waals surface area contributed by atoms with Crippen LogP contribution in [-0.2, 0) is 11.3 Å². The second-order valence-corrected chi connectivity index (χ2v) is 8.31. The molecule has 1 aliphatic heterocycles. The smallest absolute Gasteiger partial charge is 0.293 e. The molecule has 150 valence electrons. The monoisotopic (exact) mass is 484 g/mol. The minimum atomic E-state index is -0.517. The average Bonchev–Trinajstić information content (AvgIpc) is 3.29. The van der Waals surface area contributed by atoms with E-state index in [4.69, 9.17) is 4.42 Å². The van der Waals surface area contributed by atoms with Gasteiger partial charge >= 0.3 is 0 Å². The molecular formula is C21H13BrN2O5S. The zero-order valence-corrected chi connectivity index (χ0v) is 17.7. The van der Waals surface area contributed by atoms with E-state index >= 15 is 0 Å². The zero-order valence-electron chi connectivity index (χ0n) is 15.3. The van der Waals surface area contributed by atoms with Crippen LogP contribution in [0.3, 0.4) is 0 Å². The van der Waals surface area contributed by atoms with E-state index in [1.807, 2.05) is 24.3 Å². The molecular weight excluding hydrogens is 472 g/mol. The number of carbonyl (C=O) groups excluding carboxylic acids is 2. The molecule has 1 aliphatic rings. The van der Waals surface area contributed by atoms with Crippen LogP contribution in [0.1, 0.15) is 11.3 Å². The van der Waals surface area contributed by atoms with Crippen LogP contribution in [0.5, 0.6) is 0 Å². The quantitative estimate of drug-likeness (QED) is 0.256. The Morgan fingerprint density at radius 3 is 2.60 bits per heavy atom. The van der Waals surface area contributed by atoms with Crippen molar-refractivity contribution in [2.24, 2.45) is 0 Å². The number of thioether (sulfide) groups is 1. The van der Waals surface area contributed by atoms with Gasteiger partial charge in [0.05, 0.1) is 16.4 Å². The Bertz CT molecular complexity index is 1190. The predicted molar refractivity (Wildman–Crippen MR) is 116 cm³/mol. The highest BCUT2D eigenvalue weighted by atomic mass is 79.9. The second-order valence-electron chi connectivity index (χ2n) is 6.40. The van der Waals surface area contributed by atoms with Crippen molar-refractivity contribution in [3.8, 4) is 11.3 Å². The molecule has 0 atom stereocenters. The first-order valence-electron chi connectivity index (χ1n) is 8.75. The first-order valence-corrected chi connectivity index (χ1v) is 10.4. The van der Waals surface area contributed by atoms with E-state index in [0.29, 0.717) is 17.1 Å².